The average molecular weight is 266 g/mol. The lowest BCUT2D eigenvalue weighted by molar-refractivity contribution is -0.555. The van der Waals surface area contributed by atoms with Crippen molar-refractivity contribution >= 4 is 0 Å². The summed E-state index contributed by atoms with van der Waals surface area (Å²) in [7, 11) is 0. The molecule has 19 heavy (non-hydrogen) atoms. The molecule has 5 rings (SSSR count). The summed E-state index contributed by atoms with van der Waals surface area (Å²) in [6.45, 7) is 6.40. The van der Waals surface area contributed by atoms with Gasteiger partial charge in [0.1, 0.15) is 0 Å². The zero-order valence-electron chi connectivity index (χ0n) is 11.8. The molecule has 2 bridgehead atoms. The van der Waals surface area contributed by atoms with Gasteiger partial charge in [0.05, 0.1) is 6.26 Å². The van der Waals surface area contributed by atoms with Gasteiger partial charge < -0.3 is 9.47 Å². The van der Waals surface area contributed by atoms with Crippen molar-refractivity contribution in [1.29, 1.82) is 0 Å². The molecule has 106 valence electrons. The quantitative estimate of drug-likeness (QED) is 0.631. The Balaban J connectivity index is 1.85. The van der Waals surface area contributed by atoms with Crippen molar-refractivity contribution in [1.82, 2.24) is 0 Å². The van der Waals surface area contributed by atoms with E-state index in [2.05, 4.69) is 13.8 Å². The van der Waals surface area contributed by atoms with Crippen LogP contribution in [0, 0.1) is 17.8 Å². The molecule has 3 saturated heterocycles. The van der Waals surface area contributed by atoms with E-state index in [0.29, 0.717) is 17.8 Å². The molecular weight excluding hydrogens is 244 g/mol. The maximum atomic E-state index is 6.11. The van der Waals surface area contributed by atoms with Crippen molar-refractivity contribution in [3.05, 3.63) is 11.8 Å². The molecule has 5 unspecified atom stereocenters. The molecule has 0 radical (unpaired) electrons. The van der Waals surface area contributed by atoms with E-state index in [1.807, 2.05) is 13.2 Å². The van der Waals surface area contributed by atoms with Gasteiger partial charge in [0.15, 0.2) is 5.60 Å². The van der Waals surface area contributed by atoms with Crippen molar-refractivity contribution in [3.8, 4) is 0 Å². The molecule has 1 saturated carbocycles. The van der Waals surface area contributed by atoms with Gasteiger partial charge in [0.25, 0.3) is 0 Å². The van der Waals surface area contributed by atoms with Crippen LogP contribution in [0.4, 0.5) is 0 Å². The Morgan fingerprint density at radius 2 is 2.05 bits per heavy atom. The molecule has 0 aromatic rings. The summed E-state index contributed by atoms with van der Waals surface area (Å²) >= 11 is 0. The number of ether oxygens (including phenoxy) is 2. The first kappa shape index (κ1) is 12.2. The highest BCUT2D eigenvalue weighted by atomic mass is 17.3. The maximum Gasteiger partial charge on any atom is 0.235 e. The van der Waals surface area contributed by atoms with Gasteiger partial charge in [-0.1, -0.05) is 6.92 Å². The summed E-state index contributed by atoms with van der Waals surface area (Å²) in [4.78, 5) is 11.7. The number of hydrogen-bond acceptors (Lipinski definition) is 4. The van der Waals surface area contributed by atoms with Crippen LogP contribution in [0.15, 0.2) is 11.8 Å². The highest BCUT2D eigenvalue weighted by molar-refractivity contribution is 5.19. The predicted molar refractivity (Wildman–Crippen MR) is 67.6 cm³/mol. The van der Waals surface area contributed by atoms with Crippen LogP contribution in [0.5, 0.6) is 0 Å². The summed E-state index contributed by atoms with van der Waals surface area (Å²) in [6.07, 6.45) is 5.87. The van der Waals surface area contributed by atoms with E-state index in [4.69, 9.17) is 19.2 Å². The molecule has 1 aliphatic carbocycles. The second kappa shape index (κ2) is 3.74. The van der Waals surface area contributed by atoms with Crippen LogP contribution in [-0.4, -0.2) is 17.7 Å². The molecule has 0 N–H and O–H groups in total. The molecule has 4 fully saturated rings. The average Bonchev–Trinajstić information content (AvgIpc) is 2.61. The van der Waals surface area contributed by atoms with Crippen molar-refractivity contribution < 1.29 is 19.2 Å². The van der Waals surface area contributed by atoms with Crippen molar-refractivity contribution in [2.45, 2.75) is 64.1 Å². The topological polar surface area (TPSA) is 36.9 Å². The number of rotatable bonds is 0. The first-order valence-electron chi connectivity index (χ1n) is 7.42. The minimum absolute atomic E-state index is 0.324. The highest BCUT2D eigenvalue weighted by Crippen LogP contribution is 2.59. The third-order valence-electron chi connectivity index (χ3n) is 5.65. The number of fused-ring (bicyclic) bond motifs is 2. The first-order valence-corrected chi connectivity index (χ1v) is 7.42. The second-order valence-electron chi connectivity index (χ2n) is 6.85. The summed E-state index contributed by atoms with van der Waals surface area (Å²) in [5.41, 5.74) is 0.817. The van der Waals surface area contributed by atoms with Crippen LogP contribution >= 0.6 is 0 Å². The van der Waals surface area contributed by atoms with Gasteiger partial charge in [-0.15, -0.1) is 0 Å². The Labute approximate surface area is 114 Å². The Bertz CT molecular complexity index is 434. The fourth-order valence-electron chi connectivity index (χ4n) is 4.55. The maximum absolute atomic E-state index is 6.11. The van der Waals surface area contributed by atoms with E-state index in [1.54, 1.807) is 0 Å². The van der Waals surface area contributed by atoms with E-state index < -0.39 is 11.4 Å². The predicted octanol–water partition coefficient (Wildman–Crippen LogP) is 3.14. The fraction of sp³-hybridized carbons (Fsp3) is 0.867. The molecule has 4 heterocycles. The largest absolute Gasteiger partial charge is 0.469 e. The summed E-state index contributed by atoms with van der Waals surface area (Å²) in [5, 5.41) is 0. The second-order valence-corrected chi connectivity index (χ2v) is 6.85. The Morgan fingerprint density at radius 1 is 1.21 bits per heavy atom. The fourth-order valence-corrected chi connectivity index (χ4v) is 4.55. The van der Waals surface area contributed by atoms with E-state index in [1.165, 1.54) is 12.0 Å². The molecule has 0 amide bonds. The lowest BCUT2D eigenvalue weighted by Gasteiger charge is -2.56. The van der Waals surface area contributed by atoms with Crippen molar-refractivity contribution in [2.24, 2.45) is 17.8 Å². The minimum atomic E-state index is -0.656. The molecule has 1 spiro atoms. The Morgan fingerprint density at radius 3 is 2.89 bits per heavy atom. The van der Waals surface area contributed by atoms with Crippen molar-refractivity contribution in [2.75, 3.05) is 0 Å². The molecule has 4 heteroatoms. The molecule has 0 aromatic carbocycles. The van der Waals surface area contributed by atoms with Crippen molar-refractivity contribution in [3.63, 3.8) is 0 Å². The molecule has 6 atom stereocenters. The molecule has 4 aliphatic heterocycles. The van der Waals surface area contributed by atoms with E-state index in [9.17, 15) is 0 Å². The standard InChI is InChI=1S/C15H22O4/c1-9-4-5-11-10(2)8-16-13-15(11)12(9)6-7-14(3,17-13)18-19-15/h8-9,11-13H,4-7H2,1-3H3/t9-,11?,12?,13?,14?,15?/m1/s1. The van der Waals surface area contributed by atoms with Crippen LogP contribution in [0.3, 0.4) is 0 Å². The Kier molecular flexibility index (Phi) is 2.40. The lowest BCUT2D eigenvalue weighted by Crippen LogP contribution is -2.66. The third kappa shape index (κ3) is 1.45. The molecule has 4 nitrogen and oxygen atoms in total. The van der Waals surface area contributed by atoms with E-state index in [-0.39, 0.29) is 6.29 Å². The van der Waals surface area contributed by atoms with E-state index >= 15 is 0 Å². The van der Waals surface area contributed by atoms with Crippen LogP contribution in [0.25, 0.3) is 0 Å². The summed E-state index contributed by atoms with van der Waals surface area (Å²) < 4.78 is 12.0. The Hall–Kier alpha value is -0.580. The third-order valence-corrected chi connectivity index (χ3v) is 5.65. The van der Waals surface area contributed by atoms with Gasteiger partial charge in [0, 0.05) is 18.3 Å². The van der Waals surface area contributed by atoms with Gasteiger partial charge >= 0.3 is 0 Å². The zero-order chi connectivity index (χ0) is 13.3. The SMILES string of the molecule is CC1=COC2OC3(C)CCC4[C@H](C)CCC1C24OO3. The molecule has 5 aliphatic rings. The number of hydrogen-bond donors (Lipinski definition) is 0. The molecular formula is C15H22O4. The van der Waals surface area contributed by atoms with Crippen LogP contribution in [0.1, 0.15) is 46.5 Å². The first-order chi connectivity index (χ1) is 9.05. The summed E-state index contributed by atoms with van der Waals surface area (Å²) in [6, 6.07) is 0. The van der Waals surface area contributed by atoms with Gasteiger partial charge in [-0.3, -0.25) is 0 Å². The van der Waals surface area contributed by atoms with Crippen LogP contribution in [-0.2, 0) is 19.2 Å². The lowest BCUT2D eigenvalue weighted by atomic mass is 9.60. The zero-order valence-corrected chi connectivity index (χ0v) is 11.8. The summed E-state index contributed by atoms with van der Waals surface area (Å²) in [5.74, 6) is 0.775. The monoisotopic (exact) mass is 266 g/mol. The van der Waals surface area contributed by atoms with Gasteiger partial charge in [-0.05, 0) is 44.6 Å². The highest BCUT2D eigenvalue weighted by Gasteiger charge is 2.67. The van der Waals surface area contributed by atoms with Gasteiger partial charge in [-0.25, -0.2) is 9.78 Å². The smallest absolute Gasteiger partial charge is 0.235 e. The van der Waals surface area contributed by atoms with Gasteiger partial charge in [0.2, 0.25) is 12.1 Å². The van der Waals surface area contributed by atoms with Crippen LogP contribution < -0.4 is 0 Å². The van der Waals surface area contributed by atoms with E-state index in [0.717, 1.165) is 19.3 Å². The van der Waals surface area contributed by atoms with Gasteiger partial charge in [-0.2, -0.15) is 0 Å². The normalized spacial score (nSPS) is 55.8. The van der Waals surface area contributed by atoms with Crippen LogP contribution in [0.2, 0.25) is 0 Å². The molecule has 0 aromatic heterocycles. The minimum Gasteiger partial charge on any atom is -0.469 e.